The molecule has 2 N–H and O–H groups in total. The summed E-state index contributed by atoms with van der Waals surface area (Å²) in [5.74, 6) is 0.359. The van der Waals surface area contributed by atoms with Crippen molar-refractivity contribution in [1.29, 1.82) is 0 Å². The van der Waals surface area contributed by atoms with E-state index < -0.39 is 19.1 Å². The molecule has 2 amide bonds. The second-order valence-corrected chi connectivity index (χ2v) is 12.4. The van der Waals surface area contributed by atoms with Crippen molar-refractivity contribution >= 4 is 18.9 Å². The molecule has 2 heterocycles. The number of aromatic nitrogens is 2. The molecule has 3 aliphatic carbocycles. The summed E-state index contributed by atoms with van der Waals surface area (Å²) in [5, 5.41) is 6.08. The van der Waals surface area contributed by atoms with Crippen LogP contribution in [-0.2, 0) is 20.5 Å². The smallest absolute Gasteiger partial charge is 0.404 e. The minimum atomic E-state index is -0.799. The van der Waals surface area contributed by atoms with E-state index in [1.807, 2.05) is 30.3 Å². The van der Waals surface area contributed by atoms with Gasteiger partial charge < -0.3 is 19.9 Å². The second-order valence-electron chi connectivity index (χ2n) is 12.4. The Morgan fingerprint density at radius 2 is 1.87 bits per heavy atom. The number of nitrogens with zero attached hydrogens (tertiary/aromatic N) is 2. The summed E-state index contributed by atoms with van der Waals surface area (Å²) in [7, 11) is -0.528. The molecule has 4 aliphatic rings. The van der Waals surface area contributed by atoms with Crippen LogP contribution in [0.25, 0.3) is 0 Å². The SMILES string of the molecule is CC(C)C[C@H](NC(=O)[C@@H](Cc1ccccc1)NC(=O)c1cnccn1)B1O[C@@H]2C[C@@H]3C[C@@H](C3(C)C)[C@]2(C)O1. The highest BCUT2D eigenvalue weighted by molar-refractivity contribution is 6.48. The first-order chi connectivity index (χ1) is 18.1. The van der Waals surface area contributed by atoms with Gasteiger partial charge in [-0.2, -0.15) is 0 Å². The number of carbonyl (C=O) groups excluding carboxylic acids is 2. The normalized spacial score (nSPS) is 28.7. The quantitative estimate of drug-likeness (QED) is 0.492. The summed E-state index contributed by atoms with van der Waals surface area (Å²) in [5.41, 5.74) is 0.998. The first-order valence-electron chi connectivity index (χ1n) is 13.8. The van der Waals surface area contributed by atoms with E-state index in [1.165, 1.54) is 25.0 Å². The standard InChI is InChI=1S/C29H39BN4O4/c1-18(2)13-25(30-37-24-16-20-15-23(28(20,3)4)29(24,5)38-30)34-26(35)21(14-19-9-7-6-8-10-19)33-27(36)22-17-31-11-12-32-22/h6-12,17-18,20-21,23-25H,13-16H2,1-5H3,(H,33,36)(H,34,35)/t20-,21+,23-,24+,25-,29-/m0/s1. The lowest BCUT2D eigenvalue weighted by Gasteiger charge is -2.64. The molecule has 1 saturated heterocycles. The van der Waals surface area contributed by atoms with Crippen molar-refractivity contribution in [1.82, 2.24) is 20.6 Å². The Kier molecular flexibility index (Phi) is 7.35. The van der Waals surface area contributed by atoms with E-state index in [9.17, 15) is 9.59 Å². The Labute approximate surface area is 225 Å². The summed E-state index contributed by atoms with van der Waals surface area (Å²) in [6, 6.07) is 8.87. The zero-order valence-corrected chi connectivity index (χ0v) is 23.0. The van der Waals surface area contributed by atoms with Gasteiger partial charge in [-0.15, -0.1) is 0 Å². The molecule has 9 heteroatoms. The van der Waals surface area contributed by atoms with Crippen LogP contribution in [0.4, 0.5) is 0 Å². The third kappa shape index (κ3) is 5.10. The first kappa shape index (κ1) is 26.8. The lowest BCUT2D eigenvalue weighted by Crippen LogP contribution is -2.65. The van der Waals surface area contributed by atoms with Gasteiger partial charge in [0.2, 0.25) is 5.91 Å². The molecule has 4 fully saturated rings. The van der Waals surface area contributed by atoms with Crippen molar-refractivity contribution in [2.45, 2.75) is 84.0 Å². The van der Waals surface area contributed by atoms with Crippen molar-refractivity contribution in [3.05, 3.63) is 60.2 Å². The molecule has 202 valence electrons. The molecular formula is C29H39BN4O4. The van der Waals surface area contributed by atoms with Crippen LogP contribution in [0.15, 0.2) is 48.9 Å². The fraction of sp³-hybridized carbons (Fsp3) is 0.586. The molecular weight excluding hydrogens is 479 g/mol. The van der Waals surface area contributed by atoms with E-state index in [4.69, 9.17) is 9.31 Å². The van der Waals surface area contributed by atoms with Gasteiger partial charge >= 0.3 is 7.12 Å². The molecule has 3 saturated carbocycles. The zero-order chi connectivity index (χ0) is 27.1. The summed E-state index contributed by atoms with van der Waals surface area (Å²) >= 11 is 0. The van der Waals surface area contributed by atoms with Gasteiger partial charge in [-0.05, 0) is 54.9 Å². The summed E-state index contributed by atoms with van der Waals surface area (Å²) < 4.78 is 13.2. The van der Waals surface area contributed by atoms with E-state index in [2.05, 4.69) is 55.2 Å². The monoisotopic (exact) mass is 518 g/mol. The number of rotatable bonds is 9. The third-order valence-electron chi connectivity index (χ3n) is 9.05. The minimum absolute atomic E-state index is 0.0345. The Bertz CT molecular complexity index is 1150. The fourth-order valence-electron chi connectivity index (χ4n) is 6.81. The van der Waals surface area contributed by atoms with E-state index in [0.29, 0.717) is 30.6 Å². The van der Waals surface area contributed by atoms with Crippen molar-refractivity contribution in [3.63, 3.8) is 0 Å². The molecule has 2 bridgehead atoms. The highest BCUT2D eigenvalue weighted by atomic mass is 16.7. The van der Waals surface area contributed by atoms with Crippen LogP contribution in [-0.4, -0.2) is 52.6 Å². The number of hydrogen-bond acceptors (Lipinski definition) is 6. The lowest BCUT2D eigenvalue weighted by molar-refractivity contribution is -0.199. The third-order valence-corrected chi connectivity index (χ3v) is 9.05. The van der Waals surface area contributed by atoms with Crippen molar-refractivity contribution in [3.8, 4) is 0 Å². The Morgan fingerprint density at radius 3 is 2.53 bits per heavy atom. The number of amides is 2. The Balaban J connectivity index is 1.34. The maximum absolute atomic E-state index is 13.8. The average molecular weight is 518 g/mol. The minimum Gasteiger partial charge on any atom is -0.404 e. The zero-order valence-electron chi connectivity index (χ0n) is 23.0. The topological polar surface area (TPSA) is 102 Å². The molecule has 38 heavy (non-hydrogen) atoms. The number of nitrogens with one attached hydrogen (secondary N) is 2. The summed E-state index contributed by atoms with van der Waals surface area (Å²) in [6.45, 7) is 11.1. The second kappa shape index (κ2) is 10.4. The molecule has 1 aromatic heterocycles. The van der Waals surface area contributed by atoms with Crippen LogP contribution >= 0.6 is 0 Å². The van der Waals surface area contributed by atoms with E-state index in [1.54, 1.807) is 0 Å². The Morgan fingerprint density at radius 1 is 1.11 bits per heavy atom. The first-order valence-corrected chi connectivity index (χ1v) is 13.8. The van der Waals surface area contributed by atoms with Crippen molar-refractivity contribution in [2.75, 3.05) is 0 Å². The van der Waals surface area contributed by atoms with E-state index >= 15 is 0 Å². The van der Waals surface area contributed by atoms with Crippen LogP contribution in [0.5, 0.6) is 0 Å². The van der Waals surface area contributed by atoms with Crippen LogP contribution in [0.1, 0.15) is 69.9 Å². The van der Waals surface area contributed by atoms with Gasteiger partial charge in [-0.3, -0.25) is 14.6 Å². The predicted molar refractivity (Wildman–Crippen MR) is 145 cm³/mol. The van der Waals surface area contributed by atoms with Crippen LogP contribution in [0.2, 0.25) is 0 Å². The van der Waals surface area contributed by atoms with Gasteiger partial charge in [0.1, 0.15) is 11.7 Å². The van der Waals surface area contributed by atoms with Gasteiger partial charge in [0, 0.05) is 18.8 Å². The molecule has 6 rings (SSSR count). The molecule has 0 unspecified atom stereocenters. The predicted octanol–water partition coefficient (Wildman–Crippen LogP) is 3.62. The van der Waals surface area contributed by atoms with Crippen LogP contribution < -0.4 is 10.6 Å². The van der Waals surface area contributed by atoms with Gasteiger partial charge in [0.25, 0.3) is 5.91 Å². The summed E-state index contributed by atoms with van der Waals surface area (Å²) in [4.78, 5) is 34.8. The largest absolute Gasteiger partial charge is 0.481 e. The van der Waals surface area contributed by atoms with Crippen molar-refractivity contribution < 1.29 is 18.9 Å². The van der Waals surface area contributed by atoms with Crippen molar-refractivity contribution in [2.24, 2.45) is 23.2 Å². The highest BCUT2D eigenvalue weighted by Gasteiger charge is 2.68. The van der Waals surface area contributed by atoms with E-state index in [0.717, 1.165) is 12.0 Å². The average Bonchev–Trinajstić information content (AvgIpc) is 3.26. The van der Waals surface area contributed by atoms with Gasteiger partial charge in [0.05, 0.1) is 23.8 Å². The van der Waals surface area contributed by atoms with Crippen LogP contribution in [0.3, 0.4) is 0 Å². The van der Waals surface area contributed by atoms with E-state index in [-0.39, 0.29) is 34.7 Å². The van der Waals surface area contributed by atoms with Crippen LogP contribution in [0, 0.1) is 23.2 Å². The number of carbonyl (C=O) groups is 2. The summed E-state index contributed by atoms with van der Waals surface area (Å²) in [6.07, 6.45) is 7.60. The number of benzene rings is 1. The Hall–Kier alpha value is -2.78. The van der Waals surface area contributed by atoms with Gasteiger partial charge in [-0.25, -0.2) is 4.98 Å². The lowest BCUT2D eigenvalue weighted by atomic mass is 9.43. The molecule has 1 aromatic carbocycles. The highest BCUT2D eigenvalue weighted by Crippen LogP contribution is 2.65. The molecule has 6 atom stereocenters. The molecule has 8 nitrogen and oxygen atoms in total. The fourth-order valence-corrected chi connectivity index (χ4v) is 6.81. The number of hydrogen-bond donors (Lipinski definition) is 2. The molecule has 0 spiro atoms. The molecule has 0 radical (unpaired) electrons. The molecule has 2 aromatic rings. The molecule has 1 aliphatic heterocycles. The van der Waals surface area contributed by atoms with Gasteiger partial charge in [0.15, 0.2) is 0 Å². The maximum atomic E-state index is 13.8. The maximum Gasteiger partial charge on any atom is 0.481 e. The van der Waals surface area contributed by atoms with Gasteiger partial charge in [-0.1, -0.05) is 58.0 Å².